The minimum atomic E-state index is -0.641. The molecule has 212 valence electrons. The minimum absolute atomic E-state index is 0.00114. The summed E-state index contributed by atoms with van der Waals surface area (Å²) in [5.41, 5.74) is 8.34. The molecule has 0 heterocycles. The third-order valence-corrected chi connectivity index (χ3v) is 6.40. The third-order valence-electron chi connectivity index (χ3n) is 6.40. The first-order chi connectivity index (χ1) is 20.2. The quantitative estimate of drug-likeness (QED) is 0.0948. The number of amides is 2. The molecule has 0 saturated carbocycles. The van der Waals surface area contributed by atoms with Gasteiger partial charge in [-0.2, -0.15) is 15.3 Å². The van der Waals surface area contributed by atoms with Crippen molar-refractivity contribution in [3.8, 4) is 5.75 Å². The molecule has 0 bridgehead atoms. The van der Waals surface area contributed by atoms with E-state index in [0.717, 1.165) is 11.3 Å². The Balaban J connectivity index is 1.52. The number of aryl methyl sites for hydroxylation is 2. The number of phenolic OH excluding ortho intramolecular Hbond substituents is 1. The zero-order chi connectivity index (χ0) is 30.1. The second kappa shape index (κ2) is 13.7. The number of carbonyl (C=O) groups is 2. The number of carbonyl (C=O) groups excluding carboxylic acids is 2. The predicted molar refractivity (Wildman–Crippen MR) is 167 cm³/mol. The third kappa shape index (κ3) is 7.98. The van der Waals surface area contributed by atoms with Gasteiger partial charge in [-0.25, -0.2) is 5.43 Å². The second-order valence-corrected chi connectivity index (χ2v) is 9.77. The van der Waals surface area contributed by atoms with E-state index in [9.17, 15) is 14.7 Å². The molecule has 0 aliphatic heterocycles. The maximum Gasteiger partial charge on any atom is 0.287 e. The number of benzene rings is 4. The number of phenols is 1. The predicted octanol–water partition coefficient (Wildman–Crippen LogP) is 6.41. The molecule has 0 radical (unpaired) electrons. The molecule has 42 heavy (non-hydrogen) atoms. The molecular formula is C33H32N6O3. The molecule has 0 atom stereocenters. The molecular weight excluding hydrogens is 528 g/mol. The maximum atomic E-state index is 13.1. The molecule has 0 spiro atoms. The molecule has 0 saturated heterocycles. The van der Waals surface area contributed by atoms with Crippen molar-refractivity contribution in [3.63, 3.8) is 0 Å². The highest BCUT2D eigenvalue weighted by Crippen LogP contribution is 2.25. The second-order valence-electron chi connectivity index (χ2n) is 9.77. The highest BCUT2D eigenvalue weighted by molar-refractivity contribution is 6.05. The first kappa shape index (κ1) is 29.4. The van der Waals surface area contributed by atoms with Gasteiger partial charge in [0.2, 0.25) is 0 Å². The lowest BCUT2D eigenvalue weighted by Crippen LogP contribution is -2.32. The summed E-state index contributed by atoms with van der Waals surface area (Å²) < 4.78 is 0. The summed E-state index contributed by atoms with van der Waals surface area (Å²) in [5.74, 6) is -1.13. The normalized spacial score (nSPS) is 11.6. The van der Waals surface area contributed by atoms with Crippen LogP contribution < -0.4 is 15.6 Å². The van der Waals surface area contributed by atoms with Crippen LogP contribution in [0.25, 0.3) is 6.08 Å². The number of hydrogen-bond acceptors (Lipinski definition) is 7. The van der Waals surface area contributed by atoms with Gasteiger partial charge in [0.1, 0.15) is 11.4 Å². The minimum Gasteiger partial charge on any atom is -0.507 e. The van der Waals surface area contributed by atoms with Crippen molar-refractivity contribution < 1.29 is 14.7 Å². The summed E-state index contributed by atoms with van der Waals surface area (Å²) in [7, 11) is 3.87. The fourth-order valence-electron chi connectivity index (χ4n) is 3.81. The zero-order valence-corrected chi connectivity index (χ0v) is 23.9. The van der Waals surface area contributed by atoms with Crippen LogP contribution in [0.1, 0.15) is 32.6 Å². The number of azo groups is 1. The molecule has 0 aliphatic rings. The van der Waals surface area contributed by atoms with Crippen molar-refractivity contribution in [2.75, 3.05) is 19.0 Å². The van der Waals surface area contributed by atoms with E-state index in [2.05, 4.69) is 26.1 Å². The average molecular weight is 561 g/mol. The van der Waals surface area contributed by atoms with E-state index in [1.54, 1.807) is 48.5 Å². The molecule has 0 fully saturated rings. The number of hydrogen-bond donors (Lipinski definition) is 3. The summed E-state index contributed by atoms with van der Waals surface area (Å²) in [5, 5.41) is 25.5. The van der Waals surface area contributed by atoms with Crippen molar-refractivity contribution in [1.82, 2.24) is 10.7 Å². The van der Waals surface area contributed by atoms with Gasteiger partial charge in [-0.05, 0) is 91.2 Å². The fourth-order valence-corrected chi connectivity index (χ4v) is 3.81. The van der Waals surface area contributed by atoms with Crippen LogP contribution in [0, 0.1) is 13.8 Å². The monoisotopic (exact) mass is 560 g/mol. The molecule has 0 unspecified atom stereocenters. The summed E-state index contributed by atoms with van der Waals surface area (Å²) in [6.07, 6.45) is 2.86. The Hall–Kier alpha value is -5.57. The van der Waals surface area contributed by atoms with Crippen molar-refractivity contribution in [3.05, 3.63) is 125 Å². The van der Waals surface area contributed by atoms with Crippen LogP contribution in [0.5, 0.6) is 5.75 Å². The van der Waals surface area contributed by atoms with Gasteiger partial charge in [0, 0.05) is 30.9 Å². The van der Waals surface area contributed by atoms with Crippen LogP contribution >= 0.6 is 0 Å². The van der Waals surface area contributed by atoms with Crippen molar-refractivity contribution in [1.29, 1.82) is 0 Å². The van der Waals surface area contributed by atoms with E-state index in [4.69, 9.17) is 0 Å². The van der Waals surface area contributed by atoms with Gasteiger partial charge in [0.15, 0.2) is 0 Å². The topological polar surface area (TPSA) is 119 Å². The Kier molecular flexibility index (Phi) is 9.57. The average Bonchev–Trinajstić information content (AvgIpc) is 2.99. The first-order valence-electron chi connectivity index (χ1n) is 13.2. The smallest absolute Gasteiger partial charge is 0.287 e. The molecule has 3 N–H and O–H groups in total. The summed E-state index contributed by atoms with van der Waals surface area (Å²) in [6.45, 7) is 4.03. The van der Waals surface area contributed by atoms with Gasteiger partial charge in [-0.1, -0.05) is 36.4 Å². The van der Waals surface area contributed by atoms with Crippen LogP contribution in [0.2, 0.25) is 0 Å². The number of hydrazone groups is 1. The molecule has 9 heteroatoms. The van der Waals surface area contributed by atoms with Gasteiger partial charge in [-0.3, -0.25) is 9.59 Å². The lowest BCUT2D eigenvalue weighted by atomic mass is 10.1. The maximum absolute atomic E-state index is 13.1. The first-order valence-corrected chi connectivity index (χ1v) is 13.2. The van der Waals surface area contributed by atoms with E-state index in [1.165, 1.54) is 17.8 Å². The van der Waals surface area contributed by atoms with Gasteiger partial charge >= 0.3 is 0 Å². The summed E-state index contributed by atoms with van der Waals surface area (Å²) in [4.78, 5) is 27.9. The number of rotatable bonds is 9. The number of nitrogens with one attached hydrogen (secondary N) is 2. The number of anilines is 1. The van der Waals surface area contributed by atoms with Gasteiger partial charge in [-0.15, -0.1) is 0 Å². The molecule has 0 aliphatic carbocycles. The fraction of sp³-hybridized carbons (Fsp3) is 0.121. The van der Waals surface area contributed by atoms with Crippen molar-refractivity contribution in [2.45, 2.75) is 13.8 Å². The van der Waals surface area contributed by atoms with Crippen LogP contribution in [0.3, 0.4) is 0 Å². The Labute approximate surface area is 244 Å². The largest absolute Gasteiger partial charge is 0.507 e. The highest BCUT2D eigenvalue weighted by Gasteiger charge is 2.14. The standard InChI is InChI=1S/C33H32N6O3/c1-22-10-13-27(18-23(22)2)36-37-28-14-17-31(40)26(20-28)21-34-38-33(42)30(35-32(41)25-8-6-5-7-9-25)19-24-11-15-29(16-12-24)39(3)4/h5-21,40H,1-4H3,(H,35,41)(H,38,42)/b30-19-,34-21+,37-36?. The highest BCUT2D eigenvalue weighted by atomic mass is 16.3. The SMILES string of the molecule is Cc1ccc(N=Nc2ccc(O)c(/C=N/NC(=O)/C(=C/c3ccc(N(C)C)cc3)NC(=O)c3ccccc3)c2)cc1C. The van der Waals surface area contributed by atoms with Crippen molar-refractivity contribution >= 4 is 41.2 Å². The summed E-state index contributed by atoms with van der Waals surface area (Å²) in [6, 6.07) is 26.6. The molecule has 0 aromatic heterocycles. The van der Waals surface area contributed by atoms with E-state index in [0.29, 0.717) is 28.1 Å². The molecule has 4 aromatic carbocycles. The molecule has 2 amide bonds. The number of nitrogens with zero attached hydrogens (tertiary/aromatic N) is 4. The van der Waals surface area contributed by atoms with Crippen LogP contribution in [0.4, 0.5) is 17.1 Å². The van der Waals surface area contributed by atoms with Crippen LogP contribution in [-0.4, -0.2) is 37.2 Å². The molecule has 9 nitrogen and oxygen atoms in total. The van der Waals surface area contributed by atoms with Crippen molar-refractivity contribution in [2.24, 2.45) is 15.3 Å². The van der Waals surface area contributed by atoms with Crippen LogP contribution in [0.15, 0.2) is 112 Å². The molecule has 4 rings (SSSR count). The van der Waals surface area contributed by atoms with E-state index >= 15 is 0 Å². The lowest BCUT2D eigenvalue weighted by Gasteiger charge is -2.12. The zero-order valence-electron chi connectivity index (χ0n) is 23.9. The summed E-state index contributed by atoms with van der Waals surface area (Å²) >= 11 is 0. The Bertz CT molecular complexity index is 1660. The van der Waals surface area contributed by atoms with E-state index < -0.39 is 11.8 Å². The van der Waals surface area contributed by atoms with E-state index in [1.807, 2.05) is 75.3 Å². The molecule has 4 aromatic rings. The number of aromatic hydroxyl groups is 1. The van der Waals surface area contributed by atoms with E-state index in [-0.39, 0.29) is 11.4 Å². The van der Waals surface area contributed by atoms with Crippen LogP contribution in [-0.2, 0) is 4.79 Å². The Morgan fingerprint density at radius 2 is 1.48 bits per heavy atom. The Morgan fingerprint density at radius 3 is 2.14 bits per heavy atom. The van der Waals surface area contributed by atoms with Gasteiger partial charge in [0.25, 0.3) is 11.8 Å². The van der Waals surface area contributed by atoms with Gasteiger partial charge < -0.3 is 15.3 Å². The Morgan fingerprint density at radius 1 is 0.810 bits per heavy atom. The van der Waals surface area contributed by atoms with Gasteiger partial charge in [0.05, 0.1) is 17.6 Å². The lowest BCUT2D eigenvalue weighted by molar-refractivity contribution is -0.117.